The van der Waals surface area contributed by atoms with Crippen molar-refractivity contribution in [1.82, 2.24) is 85.1 Å². The summed E-state index contributed by atoms with van der Waals surface area (Å²) in [5.41, 5.74) is 0. The van der Waals surface area contributed by atoms with Crippen molar-refractivity contribution >= 4 is 92.8 Å². The van der Waals surface area contributed by atoms with Gasteiger partial charge in [0.1, 0.15) is 0 Å². The van der Waals surface area contributed by atoms with E-state index in [1.165, 1.54) is 0 Å². The Morgan fingerprint density at radius 2 is 0.330 bits per heavy atom. The molecule has 0 spiro atoms. The van der Waals surface area contributed by atoms with Crippen molar-refractivity contribution in [2.24, 2.45) is 47.3 Å². The molecule has 0 radical (unpaired) electrons. The van der Waals surface area contributed by atoms with Gasteiger partial charge in [0.05, 0.1) is 92.3 Å². The number of hydrogen-bond acceptors (Lipinski definition) is 16. The van der Waals surface area contributed by atoms with Crippen LogP contribution in [0, 0.1) is 47.3 Å². The molecule has 24 heteroatoms. The van der Waals surface area contributed by atoms with E-state index >= 15 is 0 Å². The van der Waals surface area contributed by atoms with Gasteiger partial charge in [0.2, 0.25) is 0 Å². The average Bonchev–Trinajstić information content (AvgIpc) is 1.61. The third-order valence-corrected chi connectivity index (χ3v) is 27.5. The van der Waals surface area contributed by atoms with Crippen LogP contribution in [0.25, 0.3) is 0 Å². The molecule has 0 aromatic carbocycles. The molecule has 5 heterocycles. The van der Waals surface area contributed by atoms with Gasteiger partial charge in [0.25, 0.3) is 0 Å². The normalized spacial score (nSPS) is 46.4. The first-order valence-corrected chi connectivity index (χ1v) is 39.3. The Morgan fingerprint density at radius 1 is 0.193 bits per heavy atom. The van der Waals surface area contributed by atoms with Gasteiger partial charge in [0, 0.05) is 95.7 Å². The predicted octanol–water partition coefficient (Wildman–Crippen LogP) is 7.29. The van der Waals surface area contributed by atoms with E-state index < -0.39 is 43.0 Å². The first-order valence-electron chi connectivity index (χ1n) is 35.8. The smallest absolute Gasteiger partial charge is 0.0681 e. The molecule has 32 unspecified atom stereocenters. The minimum absolute atomic E-state index is 0.0846. The second kappa shape index (κ2) is 36.0. The van der Waals surface area contributed by atoms with Crippen LogP contribution >= 0.6 is 92.8 Å². The molecule has 32 atom stereocenters. The zero-order valence-electron chi connectivity index (χ0n) is 54.5. The first kappa shape index (κ1) is 73.9. The van der Waals surface area contributed by atoms with Crippen molar-refractivity contribution in [3.63, 3.8) is 0 Å². The van der Waals surface area contributed by atoms with E-state index in [2.05, 4.69) is 140 Å². The molecule has 5 aliphatic heterocycles. The lowest BCUT2D eigenvalue weighted by Gasteiger charge is -2.54. The predicted molar refractivity (Wildman–Crippen MR) is 374 cm³/mol. The van der Waals surface area contributed by atoms with Gasteiger partial charge in [-0.25, -0.2) is 0 Å². The van der Waals surface area contributed by atoms with Gasteiger partial charge >= 0.3 is 0 Å². The maximum atomic E-state index is 7.76. The van der Waals surface area contributed by atoms with E-state index in [1.54, 1.807) is 0 Å². The number of alkyl halides is 8. The maximum Gasteiger partial charge on any atom is 0.0681 e. The van der Waals surface area contributed by atoms with Gasteiger partial charge in [-0.3, -0.25) is 42.5 Å². The van der Waals surface area contributed by atoms with Gasteiger partial charge in [-0.1, -0.05) is 107 Å². The number of unbranched alkanes of at least 4 members (excludes halogenated alkanes) is 8. The molecule has 88 heavy (non-hydrogen) atoms. The van der Waals surface area contributed by atoms with Gasteiger partial charge in [-0.15, -0.1) is 92.8 Å². The van der Waals surface area contributed by atoms with Crippen LogP contribution in [0.3, 0.4) is 0 Å². The van der Waals surface area contributed by atoms with Gasteiger partial charge in [-0.05, 0) is 104 Å². The Bertz CT molecular complexity index is 1890. The standard InChI is InChI=1S/C64H120Cl8N16/c1-9-17-25-73-49-37-39(51(75-27-19-11-3)55(79-31-23-15-7)53(49)77-29-21-13-5)63-86-61(37)84-59-35-33(41(65)45(69)47(71)43(35)67)57(82-59)81-58-34-36(44(68)48(72)46(70)42(34)66)60(83-58)85-62-38-40(64(87-62)88-63)52(76-28-20-12-4)56(80-32-24-16-8)54(78-30-22-14-6)50(38)74-26-18-10-2/h33-64,73-88H,9-32H2,1-8H3. The summed E-state index contributed by atoms with van der Waals surface area (Å²) in [6.07, 6.45) is 15.7. The van der Waals surface area contributed by atoms with Gasteiger partial charge in [0.15, 0.2) is 0 Å². The molecule has 8 bridgehead atoms. The van der Waals surface area contributed by atoms with Crippen LogP contribution in [0.2, 0.25) is 0 Å². The summed E-state index contributed by atoms with van der Waals surface area (Å²) >= 11 is 60.3. The molecular weight excluding hydrogens is 1280 g/mol. The summed E-state index contributed by atoms with van der Waals surface area (Å²) in [5.74, 6) is -0.469. The Balaban J connectivity index is 1.26. The van der Waals surface area contributed by atoms with Crippen LogP contribution in [0.15, 0.2) is 0 Å². The lowest BCUT2D eigenvalue weighted by Crippen LogP contribution is -2.76. The second-order valence-corrected chi connectivity index (χ2v) is 32.0. The number of halogens is 8. The molecule has 0 aromatic rings. The number of fused-ring (bicyclic) bond motifs is 20. The topological polar surface area (TPSA) is 192 Å². The van der Waals surface area contributed by atoms with Gasteiger partial charge < -0.3 is 42.5 Å². The fraction of sp³-hybridized carbons (Fsp3) is 1.00. The summed E-state index contributed by atoms with van der Waals surface area (Å²) in [5, 5.41) is 65.2. The molecule has 9 fully saturated rings. The fourth-order valence-corrected chi connectivity index (χ4v) is 21.4. The van der Waals surface area contributed by atoms with Crippen molar-refractivity contribution in [1.29, 1.82) is 0 Å². The number of nitrogens with one attached hydrogen (secondary N) is 16. The number of hydrogen-bond donors (Lipinski definition) is 16. The fourth-order valence-electron chi connectivity index (χ4n) is 17.9. The molecule has 512 valence electrons. The zero-order valence-corrected chi connectivity index (χ0v) is 60.5. The van der Waals surface area contributed by atoms with Crippen LogP contribution in [-0.4, -0.2) is 193 Å². The Morgan fingerprint density at radius 3 is 0.477 bits per heavy atom. The van der Waals surface area contributed by atoms with Crippen molar-refractivity contribution in [3.8, 4) is 0 Å². The lowest BCUT2D eigenvalue weighted by molar-refractivity contribution is 0.0437. The van der Waals surface area contributed by atoms with Crippen LogP contribution in [0.1, 0.15) is 158 Å². The molecule has 0 aromatic heterocycles. The molecule has 5 saturated heterocycles. The molecule has 0 amide bonds. The third-order valence-electron chi connectivity index (χ3n) is 22.3. The minimum Gasteiger partial charge on any atom is -0.312 e. The maximum absolute atomic E-state index is 7.76. The largest absolute Gasteiger partial charge is 0.312 e. The highest BCUT2D eigenvalue weighted by Gasteiger charge is 2.67. The highest BCUT2D eigenvalue weighted by atomic mass is 35.5. The van der Waals surface area contributed by atoms with Crippen LogP contribution < -0.4 is 85.1 Å². The SMILES string of the molecule is CCCCNC1C(NCCCC)C(NCCCC)C2C3NC(NC4NC(NC5NC(NC6NC(N3)C3C(NCCCC)C(NCCCC)C(NCCCC)C(NCCCC)C63)C3C(Cl)C(Cl)C(Cl)C(Cl)C53)C3C(Cl)C(Cl)C(Cl)C(Cl)C43)C2C1NCCCC. The lowest BCUT2D eigenvalue weighted by atomic mass is 9.66. The van der Waals surface area contributed by atoms with Crippen molar-refractivity contribution < 1.29 is 0 Å². The van der Waals surface area contributed by atoms with E-state index in [0.29, 0.717) is 0 Å². The second-order valence-electron chi connectivity index (χ2n) is 28.0. The summed E-state index contributed by atoms with van der Waals surface area (Å²) < 4.78 is 0. The average molecular weight is 1400 g/mol. The number of rotatable bonds is 32. The van der Waals surface area contributed by atoms with Crippen LogP contribution in [0.4, 0.5) is 0 Å². The molecule has 9 aliphatic rings. The van der Waals surface area contributed by atoms with E-state index in [-0.39, 0.29) is 145 Å². The molecule has 9 rings (SSSR count). The van der Waals surface area contributed by atoms with Crippen LogP contribution in [-0.2, 0) is 0 Å². The van der Waals surface area contributed by atoms with E-state index in [9.17, 15) is 0 Å². The van der Waals surface area contributed by atoms with E-state index in [1.807, 2.05) is 0 Å². The highest BCUT2D eigenvalue weighted by Crippen LogP contribution is 2.52. The first-order chi connectivity index (χ1) is 42.7. The van der Waals surface area contributed by atoms with E-state index in [0.717, 1.165) is 155 Å². The third kappa shape index (κ3) is 16.2. The van der Waals surface area contributed by atoms with Crippen molar-refractivity contribution in [2.45, 2.75) is 299 Å². The molecule has 4 saturated carbocycles. The molecule has 16 N–H and O–H groups in total. The minimum atomic E-state index is -0.572. The highest BCUT2D eigenvalue weighted by molar-refractivity contribution is 6.39. The quantitative estimate of drug-likeness (QED) is 0.0237. The summed E-state index contributed by atoms with van der Waals surface area (Å²) in [4.78, 5) is 0. The van der Waals surface area contributed by atoms with Gasteiger partial charge in [-0.2, -0.15) is 0 Å². The van der Waals surface area contributed by atoms with E-state index in [4.69, 9.17) is 92.8 Å². The molecule has 4 aliphatic carbocycles. The molecular formula is C64H120Cl8N16. The summed E-state index contributed by atoms with van der Waals surface area (Å²) in [6.45, 7) is 26.0. The Kier molecular flexibility index (Phi) is 30.2. The Hall–Kier alpha value is 1.68. The summed E-state index contributed by atoms with van der Waals surface area (Å²) in [7, 11) is 0. The molecule has 16 nitrogen and oxygen atoms in total. The van der Waals surface area contributed by atoms with Crippen LogP contribution in [0.5, 0.6) is 0 Å². The zero-order chi connectivity index (χ0) is 62.8. The summed E-state index contributed by atoms with van der Waals surface area (Å²) in [6, 6.07) is 0.867. The van der Waals surface area contributed by atoms with Crippen molar-refractivity contribution in [3.05, 3.63) is 0 Å². The Labute approximate surface area is 572 Å². The van der Waals surface area contributed by atoms with Crippen molar-refractivity contribution in [2.75, 3.05) is 52.4 Å². The monoisotopic (exact) mass is 1390 g/mol.